The summed E-state index contributed by atoms with van der Waals surface area (Å²) in [5, 5.41) is 2.87. The van der Waals surface area contributed by atoms with E-state index in [-0.39, 0.29) is 12.1 Å². The summed E-state index contributed by atoms with van der Waals surface area (Å²) in [7, 11) is 0. The van der Waals surface area contributed by atoms with Crippen molar-refractivity contribution in [1.29, 1.82) is 0 Å². The van der Waals surface area contributed by atoms with Crippen LogP contribution < -0.4 is 15.1 Å². The second-order valence-corrected chi connectivity index (χ2v) is 7.62. The van der Waals surface area contributed by atoms with Crippen LogP contribution in [0.4, 0.5) is 22.1 Å². The molecule has 2 aliphatic heterocycles. The zero-order chi connectivity index (χ0) is 20.0. The number of pyridine rings is 1. The summed E-state index contributed by atoms with van der Waals surface area (Å²) >= 11 is 0. The number of nitrogens with zero attached hydrogens (tertiary/aromatic N) is 5. The van der Waals surface area contributed by atoms with Crippen molar-refractivity contribution in [2.24, 2.45) is 0 Å². The van der Waals surface area contributed by atoms with Crippen molar-refractivity contribution in [2.45, 2.75) is 26.3 Å². The Labute approximate surface area is 169 Å². The monoisotopic (exact) mass is 386 g/mol. The lowest BCUT2D eigenvalue weighted by atomic mass is 10.0. The molecule has 1 saturated heterocycles. The maximum Gasteiger partial charge on any atom is 0.329 e. The number of aromatic nitrogens is 3. The highest BCUT2D eigenvalue weighted by Gasteiger charge is 2.40. The van der Waals surface area contributed by atoms with E-state index >= 15 is 0 Å². The standard InChI is InChI=1S/C22H22N6O/c1-14-3-4-16(11-15(14)2)18-5-6-19-21(25-18)28(17-7-10-27(19)13-17)22(29)26-20-12-23-8-9-24-20/h3-6,8-9,11-12,17H,7,10,13H2,1-2H3,(H,24,26,29)/t17-/m0/s1. The van der Waals surface area contributed by atoms with Crippen LogP contribution in [-0.2, 0) is 0 Å². The van der Waals surface area contributed by atoms with Crippen LogP contribution in [0.3, 0.4) is 0 Å². The third kappa shape index (κ3) is 3.08. The van der Waals surface area contributed by atoms with E-state index in [9.17, 15) is 4.79 Å². The fourth-order valence-corrected chi connectivity index (χ4v) is 4.07. The molecule has 2 bridgehead atoms. The lowest BCUT2D eigenvalue weighted by Gasteiger charge is -2.35. The molecule has 0 radical (unpaired) electrons. The minimum atomic E-state index is -0.219. The molecule has 0 saturated carbocycles. The van der Waals surface area contributed by atoms with Gasteiger partial charge in [0.05, 0.1) is 23.6 Å². The van der Waals surface area contributed by atoms with E-state index < -0.39 is 0 Å². The second-order valence-electron chi connectivity index (χ2n) is 7.62. The molecule has 5 rings (SSSR count). The molecule has 29 heavy (non-hydrogen) atoms. The molecule has 7 nitrogen and oxygen atoms in total. The van der Waals surface area contributed by atoms with Gasteiger partial charge in [-0.05, 0) is 49.6 Å². The van der Waals surface area contributed by atoms with Gasteiger partial charge in [0, 0.05) is 31.0 Å². The van der Waals surface area contributed by atoms with Crippen molar-refractivity contribution >= 4 is 23.4 Å². The number of benzene rings is 1. The van der Waals surface area contributed by atoms with Crippen LogP contribution in [-0.4, -0.2) is 40.1 Å². The predicted molar refractivity (Wildman–Crippen MR) is 113 cm³/mol. The van der Waals surface area contributed by atoms with Gasteiger partial charge in [0.15, 0.2) is 11.6 Å². The third-order valence-corrected chi connectivity index (χ3v) is 5.77. The summed E-state index contributed by atoms with van der Waals surface area (Å²) in [5.41, 5.74) is 5.40. The molecule has 7 heteroatoms. The van der Waals surface area contributed by atoms with Gasteiger partial charge in [-0.25, -0.2) is 14.8 Å². The SMILES string of the molecule is Cc1ccc(-c2ccc3c(n2)N(C(=O)Nc2cnccn2)[C@H]2CCN3C2)cc1C. The van der Waals surface area contributed by atoms with Gasteiger partial charge in [-0.15, -0.1) is 0 Å². The molecule has 4 heterocycles. The number of amides is 2. The summed E-state index contributed by atoms with van der Waals surface area (Å²) in [6.45, 7) is 5.95. The highest BCUT2D eigenvalue weighted by atomic mass is 16.2. The predicted octanol–water partition coefficient (Wildman–Crippen LogP) is 3.79. The lowest BCUT2D eigenvalue weighted by Crippen LogP contribution is -2.48. The molecule has 1 aromatic carbocycles. The molecule has 3 aromatic rings. The molecular weight excluding hydrogens is 364 g/mol. The van der Waals surface area contributed by atoms with Crippen molar-refractivity contribution in [3.05, 3.63) is 60.0 Å². The fourth-order valence-electron chi connectivity index (χ4n) is 4.07. The first-order valence-electron chi connectivity index (χ1n) is 9.80. The number of fused-ring (bicyclic) bond motifs is 4. The Hall–Kier alpha value is -3.48. The number of nitrogens with one attached hydrogen (secondary N) is 1. The highest BCUT2D eigenvalue weighted by Crippen LogP contribution is 2.40. The van der Waals surface area contributed by atoms with Crippen molar-refractivity contribution in [3.8, 4) is 11.3 Å². The maximum atomic E-state index is 13.2. The fraction of sp³-hybridized carbons (Fsp3) is 0.273. The van der Waals surface area contributed by atoms with Crippen LogP contribution in [0, 0.1) is 13.8 Å². The lowest BCUT2D eigenvalue weighted by molar-refractivity contribution is 0.254. The number of hydrogen-bond acceptors (Lipinski definition) is 5. The molecule has 0 unspecified atom stereocenters. The Balaban J connectivity index is 1.54. The molecule has 1 atom stereocenters. The van der Waals surface area contributed by atoms with E-state index in [2.05, 4.69) is 58.3 Å². The molecule has 2 aliphatic rings. The van der Waals surface area contributed by atoms with Crippen molar-refractivity contribution in [3.63, 3.8) is 0 Å². The van der Waals surface area contributed by atoms with E-state index in [1.165, 1.54) is 11.1 Å². The van der Waals surface area contributed by atoms with Crippen LogP contribution in [0.2, 0.25) is 0 Å². The minimum absolute atomic E-state index is 0.0988. The van der Waals surface area contributed by atoms with Gasteiger partial charge >= 0.3 is 6.03 Å². The van der Waals surface area contributed by atoms with Crippen LogP contribution in [0.15, 0.2) is 48.9 Å². The molecule has 2 aromatic heterocycles. The summed E-state index contributed by atoms with van der Waals surface area (Å²) in [4.78, 5) is 30.4. The van der Waals surface area contributed by atoms with Gasteiger partial charge in [-0.2, -0.15) is 0 Å². The largest absolute Gasteiger partial charge is 0.366 e. The number of rotatable bonds is 2. The van der Waals surface area contributed by atoms with E-state index in [0.717, 1.165) is 36.5 Å². The Kier molecular flexibility index (Phi) is 4.16. The Bertz CT molecular complexity index is 1080. The van der Waals surface area contributed by atoms with E-state index in [0.29, 0.717) is 11.6 Å². The topological polar surface area (TPSA) is 74.2 Å². The summed E-state index contributed by atoms with van der Waals surface area (Å²) in [5.74, 6) is 1.14. The molecule has 0 aliphatic carbocycles. The zero-order valence-corrected chi connectivity index (χ0v) is 16.5. The van der Waals surface area contributed by atoms with Crippen molar-refractivity contribution in [1.82, 2.24) is 15.0 Å². The minimum Gasteiger partial charge on any atom is -0.366 e. The first kappa shape index (κ1) is 17.6. The van der Waals surface area contributed by atoms with Gasteiger partial charge in [-0.1, -0.05) is 12.1 Å². The second kappa shape index (κ2) is 6.84. The molecule has 1 fully saturated rings. The van der Waals surface area contributed by atoms with Gasteiger partial charge in [0.1, 0.15) is 0 Å². The van der Waals surface area contributed by atoms with Gasteiger partial charge < -0.3 is 4.90 Å². The van der Waals surface area contributed by atoms with Crippen LogP contribution in [0.5, 0.6) is 0 Å². The first-order valence-corrected chi connectivity index (χ1v) is 9.80. The normalized spacial score (nSPS) is 17.2. The van der Waals surface area contributed by atoms with Gasteiger partial charge in [0.2, 0.25) is 0 Å². The maximum absolute atomic E-state index is 13.2. The van der Waals surface area contributed by atoms with Crippen molar-refractivity contribution < 1.29 is 4.79 Å². The highest BCUT2D eigenvalue weighted by molar-refractivity contribution is 6.04. The Morgan fingerprint density at radius 2 is 2.03 bits per heavy atom. The smallest absolute Gasteiger partial charge is 0.329 e. The van der Waals surface area contributed by atoms with E-state index in [1.54, 1.807) is 23.5 Å². The summed E-state index contributed by atoms with van der Waals surface area (Å²) in [6, 6.07) is 10.3. The average molecular weight is 386 g/mol. The van der Waals surface area contributed by atoms with Gasteiger partial charge in [-0.3, -0.25) is 15.2 Å². The molecule has 0 spiro atoms. The Morgan fingerprint density at radius 3 is 2.83 bits per heavy atom. The molecule has 1 N–H and O–H groups in total. The number of aryl methyl sites for hydroxylation is 2. The van der Waals surface area contributed by atoms with E-state index in [4.69, 9.17) is 4.98 Å². The van der Waals surface area contributed by atoms with E-state index in [1.807, 2.05) is 6.07 Å². The van der Waals surface area contributed by atoms with Crippen LogP contribution in [0.1, 0.15) is 17.5 Å². The quantitative estimate of drug-likeness (QED) is 0.725. The first-order chi connectivity index (χ1) is 14.1. The number of hydrogen-bond donors (Lipinski definition) is 1. The molecule has 146 valence electrons. The Morgan fingerprint density at radius 1 is 1.14 bits per heavy atom. The summed E-state index contributed by atoms with van der Waals surface area (Å²) in [6.07, 6.45) is 5.61. The molecule has 2 amide bonds. The summed E-state index contributed by atoms with van der Waals surface area (Å²) < 4.78 is 0. The zero-order valence-electron chi connectivity index (χ0n) is 16.5. The third-order valence-electron chi connectivity index (χ3n) is 5.77. The number of carbonyl (C=O) groups excluding carboxylic acids is 1. The number of carbonyl (C=O) groups is 1. The number of anilines is 3. The van der Waals surface area contributed by atoms with Crippen LogP contribution >= 0.6 is 0 Å². The van der Waals surface area contributed by atoms with Crippen molar-refractivity contribution in [2.75, 3.05) is 28.2 Å². The van der Waals surface area contributed by atoms with Crippen LogP contribution in [0.25, 0.3) is 11.3 Å². The van der Waals surface area contributed by atoms with Gasteiger partial charge in [0.25, 0.3) is 0 Å². The molecular formula is C22H22N6O. The number of urea groups is 1. The average Bonchev–Trinajstić information content (AvgIpc) is 3.15.